The van der Waals surface area contributed by atoms with Gasteiger partial charge < -0.3 is 0 Å². The zero-order chi connectivity index (χ0) is 8.85. The van der Waals surface area contributed by atoms with Gasteiger partial charge in [0, 0.05) is 5.92 Å². The van der Waals surface area contributed by atoms with Crippen LogP contribution in [0.15, 0.2) is 12.2 Å². The molecule has 0 aliphatic carbocycles. The van der Waals surface area contributed by atoms with Gasteiger partial charge in [-0.3, -0.25) is 4.79 Å². The van der Waals surface area contributed by atoms with E-state index in [1.165, 1.54) is 6.92 Å². The van der Waals surface area contributed by atoms with Crippen LogP contribution in [-0.4, -0.2) is 5.78 Å². The highest BCUT2D eigenvalue weighted by molar-refractivity contribution is 5.92. The van der Waals surface area contributed by atoms with E-state index in [0.717, 1.165) is 6.42 Å². The van der Waals surface area contributed by atoms with E-state index in [2.05, 4.69) is 12.6 Å². The van der Waals surface area contributed by atoms with E-state index in [4.69, 9.17) is 5.26 Å². The first-order chi connectivity index (χ1) is 5.07. The Labute approximate surface area is 67.5 Å². The van der Waals surface area contributed by atoms with Crippen molar-refractivity contribution in [1.29, 1.82) is 5.26 Å². The van der Waals surface area contributed by atoms with Gasteiger partial charge in [-0.25, -0.2) is 0 Å². The molecule has 0 radical (unpaired) electrons. The van der Waals surface area contributed by atoms with Crippen molar-refractivity contribution in [2.24, 2.45) is 5.92 Å². The first-order valence-electron chi connectivity index (χ1n) is 3.66. The molecular formula is C9H13NO. The summed E-state index contributed by atoms with van der Waals surface area (Å²) in [7, 11) is 0. The summed E-state index contributed by atoms with van der Waals surface area (Å²) in [5.41, 5.74) is 0.618. The quantitative estimate of drug-likeness (QED) is 0.577. The van der Waals surface area contributed by atoms with Gasteiger partial charge in [-0.05, 0) is 32.3 Å². The van der Waals surface area contributed by atoms with Crippen molar-refractivity contribution >= 4 is 5.78 Å². The van der Waals surface area contributed by atoms with Crippen LogP contribution in [0.25, 0.3) is 0 Å². The first-order valence-corrected chi connectivity index (χ1v) is 3.66. The van der Waals surface area contributed by atoms with Crippen LogP contribution >= 0.6 is 0 Å². The number of hydrogen-bond donors (Lipinski definition) is 0. The molecule has 60 valence electrons. The van der Waals surface area contributed by atoms with E-state index in [-0.39, 0.29) is 11.7 Å². The Morgan fingerprint density at radius 1 is 1.73 bits per heavy atom. The maximum absolute atomic E-state index is 10.7. The van der Waals surface area contributed by atoms with Crippen LogP contribution in [0.2, 0.25) is 0 Å². The van der Waals surface area contributed by atoms with Crippen LogP contribution in [-0.2, 0) is 4.79 Å². The molecule has 0 saturated carbocycles. The largest absolute Gasteiger partial charge is 0.295 e. The fourth-order valence-corrected chi connectivity index (χ4v) is 0.631. The highest BCUT2D eigenvalue weighted by Crippen LogP contribution is 2.09. The Bertz CT molecular complexity index is 200. The van der Waals surface area contributed by atoms with Gasteiger partial charge in [0.05, 0.1) is 6.07 Å². The summed E-state index contributed by atoms with van der Waals surface area (Å²) in [5.74, 6) is 0.0428. The average molecular weight is 151 g/mol. The number of carbonyl (C=O) groups excluding carboxylic acids is 1. The van der Waals surface area contributed by atoms with Crippen LogP contribution < -0.4 is 0 Å². The van der Waals surface area contributed by atoms with Gasteiger partial charge in [0.1, 0.15) is 0 Å². The van der Waals surface area contributed by atoms with Crippen LogP contribution in [0.1, 0.15) is 26.7 Å². The van der Waals surface area contributed by atoms with Crippen molar-refractivity contribution in [1.82, 2.24) is 0 Å². The van der Waals surface area contributed by atoms with Crippen molar-refractivity contribution in [3.63, 3.8) is 0 Å². The summed E-state index contributed by atoms with van der Waals surface area (Å²) in [6, 6.07) is 2.11. The topological polar surface area (TPSA) is 40.9 Å². The molecule has 0 aromatic rings. The third-order valence-electron chi connectivity index (χ3n) is 1.60. The van der Waals surface area contributed by atoms with E-state index in [0.29, 0.717) is 12.0 Å². The Morgan fingerprint density at radius 2 is 2.27 bits per heavy atom. The summed E-state index contributed by atoms with van der Waals surface area (Å²) in [6.07, 6.45) is 1.37. The summed E-state index contributed by atoms with van der Waals surface area (Å²) in [4.78, 5) is 10.7. The maximum Gasteiger partial charge on any atom is 0.155 e. The molecule has 2 heteroatoms. The van der Waals surface area contributed by atoms with Crippen LogP contribution in [0.3, 0.4) is 0 Å². The Morgan fingerprint density at radius 3 is 2.64 bits per heavy atom. The predicted octanol–water partition coefficient (Wildman–Crippen LogP) is 2.07. The molecule has 0 N–H and O–H groups in total. The van der Waals surface area contributed by atoms with Gasteiger partial charge in [-0.2, -0.15) is 5.26 Å². The standard InChI is InChI=1S/C9H13NO/c1-7(6-10)4-5-8(2)9(3)11/h7H,2,4-5H2,1,3H3. The third-order valence-corrected chi connectivity index (χ3v) is 1.60. The average Bonchev–Trinajstić information content (AvgIpc) is 1.99. The Hall–Kier alpha value is -1.10. The summed E-state index contributed by atoms with van der Waals surface area (Å²) in [6.45, 7) is 6.94. The van der Waals surface area contributed by atoms with Crippen LogP contribution in [0.5, 0.6) is 0 Å². The molecule has 0 rings (SSSR count). The molecule has 0 saturated heterocycles. The summed E-state index contributed by atoms with van der Waals surface area (Å²) in [5, 5.41) is 8.42. The smallest absolute Gasteiger partial charge is 0.155 e. The second-order valence-electron chi connectivity index (χ2n) is 2.73. The molecule has 0 fully saturated rings. The Balaban J connectivity index is 3.65. The second-order valence-corrected chi connectivity index (χ2v) is 2.73. The van der Waals surface area contributed by atoms with Gasteiger partial charge in [0.15, 0.2) is 5.78 Å². The molecule has 0 heterocycles. The minimum absolute atomic E-state index is 0.0195. The van der Waals surface area contributed by atoms with Gasteiger partial charge in [0.2, 0.25) is 0 Å². The van der Waals surface area contributed by atoms with Crippen molar-refractivity contribution in [2.75, 3.05) is 0 Å². The normalized spacial score (nSPS) is 11.7. The second kappa shape index (κ2) is 4.68. The lowest BCUT2D eigenvalue weighted by Gasteiger charge is -2.01. The van der Waals surface area contributed by atoms with E-state index >= 15 is 0 Å². The molecule has 0 aliphatic rings. The van der Waals surface area contributed by atoms with Gasteiger partial charge in [-0.15, -0.1) is 0 Å². The van der Waals surface area contributed by atoms with Crippen molar-refractivity contribution in [3.8, 4) is 6.07 Å². The molecule has 0 amide bonds. The van der Waals surface area contributed by atoms with Gasteiger partial charge in [0.25, 0.3) is 0 Å². The van der Waals surface area contributed by atoms with Gasteiger partial charge >= 0.3 is 0 Å². The summed E-state index contributed by atoms with van der Waals surface area (Å²) >= 11 is 0. The fourth-order valence-electron chi connectivity index (χ4n) is 0.631. The maximum atomic E-state index is 10.7. The lowest BCUT2D eigenvalue weighted by atomic mass is 10.0. The highest BCUT2D eigenvalue weighted by atomic mass is 16.1. The lowest BCUT2D eigenvalue weighted by Crippen LogP contribution is -1.97. The molecule has 0 aromatic heterocycles. The molecule has 1 unspecified atom stereocenters. The Kier molecular flexibility index (Phi) is 4.21. The molecular weight excluding hydrogens is 138 g/mol. The van der Waals surface area contributed by atoms with Crippen molar-refractivity contribution in [3.05, 3.63) is 12.2 Å². The van der Waals surface area contributed by atoms with Crippen molar-refractivity contribution < 1.29 is 4.79 Å². The number of nitrogens with zero attached hydrogens (tertiary/aromatic N) is 1. The minimum Gasteiger partial charge on any atom is -0.295 e. The SMILES string of the molecule is C=C(CCC(C)C#N)C(C)=O. The van der Waals surface area contributed by atoms with Crippen LogP contribution in [0, 0.1) is 17.2 Å². The summed E-state index contributed by atoms with van der Waals surface area (Å²) < 4.78 is 0. The third kappa shape index (κ3) is 4.32. The molecule has 0 bridgehead atoms. The lowest BCUT2D eigenvalue weighted by molar-refractivity contribution is -0.113. The zero-order valence-electron chi connectivity index (χ0n) is 7.05. The minimum atomic E-state index is 0.0195. The van der Waals surface area contributed by atoms with E-state index < -0.39 is 0 Å². The number of hydrogen-bond acceptors (Lipinski definition) is 2. The number of ketones is 1. The molecule has 0 aliphatic heterocycles. The monoisotopic (exact) mass is 151 g/mol. The fraction of sp³-hybridized carbons (Fsp3) is 0.556. The number of rotatable bonds is 4. The number of allylic oxidation sites excluding steroid dienone is 1. The van der Waals surface area contributed by atoms with Crippen molar-refractivity contribution in [2.45, 2.75) is 26.7 Å². The van der Waals surface area contributed by atoms with Crippen LogP contribution in [0.4, 0.5) is 0 Å². The number of Topliss-reactive ketones (excluding diaryl/α,β-unsaturated/α-hetero) is 1. The molecule has 1 atom stereocenters. The first kappa shape index (κ1) is 9.90. The van der Waals surface area contributed by atoms with E-state index in [9.17, 15) is 4.79 Å². The number of nitriles is 1. The molecule has 0 spiro atoms. The molecule has 0 aromatic carbocycles. The number of carbonyl (C=O) groups is 1. The zero-order valence-corrected chi connectivity index (χ0v) is 7.05. The van der Waals surface area contributed by atoms with E-state index in [1.54, 1.807) is 0 Å². The predicted molar refractivity (Wildman–Crippen MR) is 43.8 cm³/mol. The molecule has 11 heavy (non-hydrogen) atoms. The van der Waals surface area contributed by atoms with E-state index in [1.807, 2.05) is 6.92 Å². The van der Waals surface area contributed by atoms with Gasteiger partial charge in [-0.1, -0.05) is 6.58 Å². The molecule has 2 nitrogen and oxygen atoms in total. The highest BCUT2D eigenvalue weighted by Gasteiger charge is 2.03.